The molecule has 0 saturated heterocycles. The molecule has 4 N–H and O–H groups in total. The van der Waals surface area contributed by atoms with Crippen LogP contribution in [0.4, 0.5) is 11.5 Å². The Morgan fingerprint density at radius 2 is 2.05 bits per heavy atom. The molecular weight excluding hydrogens is 254 g/mol. The summed E-state index contributed by atoms with van der Waals surface area (Å²) in [5, 5.41) is 13.3. The molecule has 0 spiro atoms. The number of rotatable bonds is 5. The second-order valence-electron chi connectivity index (χ2n) is 5.95. The number of nitrogen functional groups attached to an aromatic ring is 1. The molecule has 2 unspecified atom stereocenters. The molecule has 0 aliphatic heterocycles. The lowest BCUT2D eigenvalue weighted by atomic mass is 9.92. The molecule has 20 heavy (non-hydrogen) atoms. The van der Waals surface area contributed by atoms with Gasteiger partial charge in [0.1, 0.15) is 5.82 Å². The Morgan fingerprint density at radius 1 is 1.25 bits per heavy atom. The van der Waals surface area contributed by atoms with Crippen molar-refractivity contribution in [2.75, 3.05) is 17.7 Å². The molecule has 0 aromatic carbocycles. The molecular formula is C15H23N3O2. The number of hydrogen-bond acceptors (Lipinski definition) is 5. The molecule has 1 aromatic rings. The predicted molar refractivity (Wildman–Crippen MR) is 78.8 cm³/mol. The molecule has 1 heterocycles. The zero-order chi connectivity index (χ0) is 13.9. The fourth-order valence-electron chi connectivity index (χ4n) is 2.60. The van der Waals surface area contributed by atoms with Crippen molar-refractivity contribution in [3.63, 3.8) is 0 Å². The summed E-state index contributed by atoms with van der Waals surface area (Å²) in [5.41, 5.74) is 6.46. The van der Waals surface area contributed by atoms with Crippen LogP contribution in [-0.2, 0) is 0 Å². The first kappa shape index (κ1) is 13.5. The van der Waals surface area contributed by atoms with Crippen molar-refractivity contribution in [1.82, 2.24) is 4.98 Å². The summed E-state index contributed by atoms with van der Waals surface area (Å²) in [7, 11) is 0. The number of nitrogens with zero attached hydrogens (tertiary/aromatic N) is 1. The minimum absolute atomic E-state index is 0.0798. The third-order valence-electron chi connectivity index (χ3n) is 4.11. The first-order valence-corrected chi connectivity index (χ1v) is 7.56. The van der Waals surface area contributed by atoms with Crippen molar-refractivity contribution in [1.29, 1.82) is 0 Å². The molecule has 2 saturated carbocycles. The zero-order valence-electron chi connectivity index (χ0n) is 11.7. The van der Waals surface area contributed by atoms with E-state index in [4.69, 9.17) is 10.5 Å². The van der Waals surface area contributed by atoms with Crippen LogP contribution in [0.15, 0.2) is 12.1 Å². The SMILES string of the molecule is Nc1ccc(NC2CCCCC2O)nc1OCC1CC1. The lowest BCUT2D eigenvalue weighted by Crippen LogP contribution is -2.36. The van der Waals surface area contributed by atoms with Crippen LogP contribution < -0.4 is 15.8 Å². The fraction of sp³-hybridized carbons (Fsp3) is 0.667. The van der Waals surface area contributed by atoms with E-state index in [2.05, 4.69) is 10.3 Å². The van der Waals surface area contributed by atoms with Crippen LogP contribution in [0.3, 0.4) is 0 Å². The zero-order valence-corrected chi connectivity index (χ0v) is 11.7. The Bertz CT molecular complexity index is 462. The molecule has 2 atom stereocenters. The van der Waals surface area contributed by atoms with Crippen LogP contribution in [-0.4, -0.2) is 28.8 Å². The van der Waals surface area contributed by atoms with E-state index in [1.807, 2.05) is 12.1 Å². The second kappa shape index (κ2) is 5.87. The number of ether oxygens (including phenoxy) is 1. The van der Waals surface area contributed by atoms with Crippen molar-refractivity contribution < 1.29 is 9.84 Å². The maximum atomic E-state index is 9.99. The van der Waals surface area contributed by atoms with Crippen molar-refractivity contribution >= 4 is 11.5 Å². The Morgan fingerprint density at radius 3 is 2.80 bits per heavy atom. The van der Waals surface area contributed by atoms with Crippen molar-refractivity contribution in [2.45, 2.75) is 50.7 Å². The van der Waals surface area contributed by atoms with E-state index in [1.54, 1.807) is 0 Å². The van der Waals surface area contributed by atoms with E-state index < -0.39 is 0 Å². The number of aromatic nitrogens is 1. The summed E-state index contributed by atoms with van der Waals surface area (Å²) in [5.74, 6) is 1.91. The van der Waals surface area contributed by atoms with E-state index in [9.17, 15) is 5.11 Å². The Hall–Kier alpha value is -1.49. The van der Waals surface area contributed by atoms with Gasteiger partial charge in [-0.15, -0.1) is 0 Å². The maximum Gasteiger partial charge on any atom is 0.239 e. The maximum absolute atomic E-state index is 9.99. The summed E-state index contributed by atoms with van der Waals surface area (Å²) in [6, 6.07) is 3.74. The molecule has 2 aliphatic rings. The Balaban J connectivity index is 1.64. The fourth-order valence-corrected chi connectivity index (χ4v) is 2.60. The molecule has 1 aromatic heterocycles. The summed E-state index contributed by atoms with van der Waals surface area (Å²) in [6.45, 7) is 0.701. The molecule has 3 rings (SSSR count). The van der Waals surface area contributed by atoms with Gasteiger partial charge >= 0.3 is 0 Å². The van der Waals surface area contributed by atoms with Crippen LogP contribution >= 0.6 is 0 Å². The van der Waals surface area contributed by atoms with Crippen LogP contribution in [0.2, 0.25) is 0 Å². The average molecular weight is 277 g/mol. The van der Waals surface area contributed by atoms with E-state index in [-0.39, 0.29) is 12.1 Å². The van der Waals surface area contributed by atoms with E-state index >= 15 is 0 Å². The normalized spacial score (nSPS) is 26.2. The highest BCUT2D eigenvalue weighted by atomic mass is 16.5. The van der Waals surface area contributed by atoms with Gasteiger partial charge in [0.15, 0.2) is 0 Å². The highest BCUT2D eigenvalue weighted by Crippen LogP contribution is 2.31. The topological polar surface area (TPSA) is 80.4 Å². The first-order valence-electron chi connectivity index (χ1n) is 7.56. The van der Waals surface area contributed by atoms with Crippen LogP contribution in [0, 0.1) is 5.92 Å². The minimum atomic E-state index is -0.293. The van der Waals surface area contributed by atoms with E-state index in [0.29, 0.717) is 24.1 Å². The molecule has 0 bridgehead atoms. The van der Waals surface area contributed by atoms with Crippen LogP contribution in [0.1, 0.15) is 38.5 Å². The van der Waals surface area contributed by atoms with Crippen LogP contribution in [0.5, 0.6) is 5.88 Å². The number of hydrogen-bond donors (Lipinski definition) is 3. The monoisotopic (exact) mass is 277 g/mol. The van der Waals surface area contributed by atoms with Crippen molar-refractivity contribution in [3.8, 4) is 5.88 Å². The van der Waals surface area contributed by atoms with Gasteiger partial charge in [0, 0.05) is 0 Å². The van der Waals surface area contributed by atoms with Gasteiger partial charge in [0.05, 0.1) is 24.4 Å². The number of aliphatic hydroxyl groups excluding tert-OH is 1. The lowest BCUT2D eigenvalue weighted by Gasteiger charge is -2.28. The molecule has 5 nitrogen and oxygen atoms in total. The molecule has 2 aliphatic carbocycles. The first-order chi connectivity index (χ1) is 9.72. The largest absolute Gasteiger partial charge is 0.476 e. The number of pyridine rings is 1. The summed E-state index contributed by atoms with van der Waals surface area (Å²) in [6.07, 6.45) is 6.28. The standard InChI is InChI=1S/C15H23N3O2/c16-11-7-8-14(17-12-3-1-2-4-13(12)19)18-15(11)20-9-10-5-6-10/h7-8,10,12-13,19H,1-6,9,16H2,(H,17,18). The Labute approximate surface area is 119 Å². The highest BCUT2D eigenvalue weighted by molar-refractivity contribution is 5.54. The number of anilines is 2. The smallest absolute Gasteiger partial charge is 0.239 e. The van der Waals surface area contributed by atoms with E-state index in [0.717, 1.165) is 31.5 Å². The summed E-state index contributed by atoms with van der Waals surface area (Å²) < 4.78 is 5.68. The number of nitrogens with two attached hydrogens (primary N) is 1. The Kier molecular flexibility index (Phi) is 3.96. The number of aliphatic hydroxyl groups is 1. The van der Waals surface area contributed by atoms with Gasteiger partial charge in [-0.3, -0.25) is 0 Å². The molecule has 110 valence electrons. The van der Waals surface area contributed by atoms with Crippen LogP contribution in [0.25, 0.3) is 0 Å². The molecule has 2 fully saturated rings. The van der Waals surface area contributed by atoms with E-state index in [1.165, 1.54) is 12.8 Å². The van der Waals surface area contributed by atoms with Gasteiger partial charge in [0.25, 0.3) is 0 Å². The van der Waals surface area contributed by atoms with Gasteiger partial charge in [-0.05, 0) is 43.7 Å². The molecule has 0 amide bonds. The second-order valence-corrected chi connectivity index (χ2v) is 5.95. The third kappa shape index (κ3) is 3.33. The lowest BCUT2D eigenvalue weighted by molar-refractivity contribution is 0.116. The molecule has 5 heteroatoms. The third-order valence-corrected chi connectivity index (χ3v) is 4.11. The number of nitrogens with one attached hydrogen (secondary N) is 1. The summed E-state index contributed by atoms with van der Waals surface area (Å²) in [4.78, 5) is 4.43. The van der Waals surface area contributed by atoms with Gasteiger partial charge in [-0.2, -0.15) is 4.98 Å². The van der Waals surface area contributed by atoms with Gasteiger partial charge in [0.2, 0.25) is 5.88 Å². The van der Waals surface area contributed by atoms with Gasteiger partial charge < -0.3 is 20.9 Å². The van der Waals surface area contributed by atoms with Crippen molar-refractivity contribution in [3.05, 3.63) is 12.1 Å². The predicted octanol–water partition coefficient (Wildman–Crippen LogP) is 2.17. The minimum Gasteiger partial charge on any atom is -0.476 e. The highest BCUT2D eigenvalue weighted by Gasteiger charge is 2.24. The summed E-state index contributed by atoms with van der Waals surface area (Å²) >= 11 is 0. The van der Waals surface area contributed by atoms with Gasteiger partial charge in [-0.25, -0.2) is 0 Å². The quantitative estimate of drug-likeness (QED) is 0.768. The van der Waals surface area contributed by atoms with Gasteiger partial charge in [-0.1, -0.05) is 12.8 Å². The molecule has 0 radical (unpaired) electrons. The average Bonchev–Trinajstić information content (AvgIpc) is 3.26. The van der Waals surface area contributed by atoms with Crippen molar-refractivity contribution in [2.24, 2.45) is 5.92 Å².